The summed E-state index contributed by atoms with van der Waals surface area (Å²) in [6.07, 6.45) is 1.03. The highest BCUT2D eigenvalue weighted by Gasteiger charge is 2.08. The van der Waals surface area contributed by atoms with E-state index in [9.17, 15) is 4.79 Å². The van der Waals surface area contributed by atoms with Crippen molar-refractivity contribution in [2.24, 2.45) is 4.99 Å². The van der Waals surface area contributed by atoms with Crippen LogP contribution < -0.4 is 16.0 Å². The van der Waals surface area contributed by atoms with Crippen LogP contribution in [0.15, 0.2) is 29.3 Å². The summed E-state index contributed by atoms with van der Waals surface area (Å²) in [6.45, 7) is 4.05. The van der Waals surface area contributed by atoms with Gasteiger partial charge in [-0.25, -0.2) is 0 Å². The molecule has 0 heterocycles. The van der Waals surface area contributed by atoms with Gasteiger partial charge in [-0.1, -0.05) is 30.7 Å². The van der Waals surface area contributed by atoms with Crippen LogP contribution in [-0.2, 0) is 0 Å². The van der Waals surface area contributed by atoms with Crippen molar-refractivity contribution in [2.45, 2.75) is 13.3 Å². The summed E-state index contributed by atoms with van der Waals surface area (Å²) in [4.78, 5) is 16.0. The van der Waals surface area contributed by atoms with E-state index in [0.29, 0.717) is 23.7 Å². The Bertz CT molecular complexity index is 462. The molecule has 0 spiro atoms. The molecule has 0 aliphatic rings. The number of carbonyl (C=O) groups is 1. The molecule has 20 heavy (non-hydrogen) atoms. The van der Waals surface area contributed by atoms with Gasteiger partial charge in [0.1, 0.15) is 0 Å². The quantitative estimate of drug-likeness (QED) is 0.425. The molecular formula is C14H21ClN4O. The molecule has 0 saturated heterocycles. The molecule has 1 aromatic carbocycles. The molecule has 0 aliphatic carbocycles. The van der Waals surface area contributed by atoms with Gasteiger partial charge in [-0.15, -0.1) is 0 Å². The third-order valence-electron chi connectivity index (χ3n) is 2.59. The Morgan fingerprint density at radius 3 is 2.45 bits per heavy atom. The van der Waals surface area contributed by atoms with E-state index in [1.54, 1.807) is 31.3 Å². The van der Waals surface area contributed by atoms with Crippen molar-refractivity contribution in [3.8, 4) is 0 Å². The Hall–Kier alpha value is -1.75. The van der Waals surface area contributed by atoms with Crippen molar-refractivity contribution in [1.82, 2.24) is 16.0 Å². The van der Waals surface area contributed by atoms with E-state index in [2.05, 4.69) is 27.9 Å². The highest BCUT2D eigenvalue weighted by molar-refractivity contribution is 6.33. The van der Waals surface area contributed by atoms with Crippen LogP contribution in [0.3, 0.4) is 0 Å². The lowest BCUT2D eigenvalue weighted by Crippen LogP contribution is -2.41. The van der Waals surface area contributed by atoms with E-state index in [4.69, 9.17) is 11.6 Å². The van der Waals surface area contributed by atoms with Crippen LogP contribution in [-0.4, -0.2) is 38.5 Å². The molecule has 0 bridgehead atoms. The number of aliphatic imine (C=N–C) groups is 1. The van der Waals surface area contributed by atoms with E-state index in [1.807, 2.05) is 0 Å². The van der Waals surface area contributed by atoms with E-state index in [-0.39, 0.29) is 5.91 Å². The number of nitrogens with one attached hydrogen (secondary N) is 3. The molecule has 110 valence electrons. The first kappa shape index (κ1) is 16.3. The summed E-state index contributed by atoms with van der Waals surface area (Å²) in [5.41, 5.74) is 0.489. The van der Waals surface area contributed by atoms with Crippen LogP contribution in [0.25, 0.3) is 0 Å². The number of amides is 1. The second-order valence-electron chi connectivity index (χ2n) is 4.16. The molecule has 0 saturated carbocycles. The smallest absolute Gasteiger partial charge is 0.252 e. The fourth-order valence-electron chi connectivity index (χ4n) is 1.56. The fourth-order valence-corrected chi connectivity index (χ4v) is 1.78. The van der Waals surface area contributed by atoms with Gasteiger partial charge in [0.2, 0.25) is 0 Å². The van der Waals surface area contributed by atoms with E-state index in [1.165, 1.54) is 0 Å². The minimum absolute atomic E-state index is 0.172. The van der Waals surface area contributed by atoms with Crippen LogP contribution in [0, 0.1) is 0 Å². The maximum Gasteiger partial charge on any atom is 0.252 e. The zero-order valence-electron chi connectivity index (χ0n) is 11.9. The molecule has 5 nitrogen and oxygen atoms in total. The van der Waals surface area contributed by atoms with Crippen LogP contribution >= 0.6 is 11.6 Å². The molecule has 0 radical (unpaired) electrons. The Labute approximate surface area is 124 Å². The van der Waals surface area contributed by atoms with Gasteiger partial charge in [0.15, 0.2) is 5.96 Å². The van der Waals surface area contributed by atoms with Gasteiger partial charge in [0, 0.05) is 26.7 Å². The van der Waals surface area contributed by atoms with Gasteiger partial charge < -0.3 is 16.0 Å². The number of nitrogens with zero attached hydrogens (tertiary/aromatic N) is 1. The Morgan fingerprint density at radius 1 is 1.15 bits per heavy atom. The molecule has 0 aromatic heterocycles. The van der Waals surface area contributed by atoms with Crippen molar-refractivity contribution >= 4 is 23.5 Å². The Balaban J connectivity index is 2.31. The van der Waals surface area contributed by atoms with Crippen LogP contribution in [0.5, 0.6) is 0 Å². The van der Waals surface area contributed by atoms with Crippen molar-refractivity contribution in [1.29, 1.82) is 0 Å². The molecule has 3 N–H and O–H groups in total. The summed E-state index contributed by atoms with van der Waals surface area (Å²) >= 11 is 5.96. The molecule has 1 amide bonds. The average Bonchev–Trinajstić information content (AvgIpc) is 2.46. The monoisotopic (exact) mass is 296 g/mol. The fraction of sp³-hybridized carbons (Fsp3) is 0.429. The first-order valence-corrected chi connectivity index (χ1v) is 7.04. The topological polar surface area (TPSA) is 65.5 Å². The molecule has 0 fully saturated rings. The van der Waals surface area contributed by atoms with E-state index >= 15 is 0 Å². The molecule has 1 aromatic rings. The van der Waals surface area contributed by atoms with Gasteiger partial charge in [0.25, 0.3) is 5.91 Å². The second kappa shape index (κ2) is 9.20. The third kappa shape index (κ3) is 5.48. The molecule has 0 atom stereocenters. The molecular weight excluding hydrogens is 276 g/mol. The first-order valence-electron chi connectivity index (χ1n) is 6.66. The molecule has 0 unspecified atom stereocenters. The van der Waals surface area contributed by atoms with Gasteiger partial charge in [0.05, 0.1) is 10.6 Å². The summed E-state index contributed by atoms with van der Waals surface area (Å²) in [6, 6.07) is 6.98. The van der Waals surface area contributed by atoms with E-state index in [0.717, 1.165) is 18.9 Å². The minimum atomic E-state index is -0.172. The van der Waals surface area contributed by atoms with Crippen LogP contribution in [0.4, 0.5) is 0 Å². The Morgan fingerprint density at radius 2 is 1.80 bits per heavy atom. The summed E-state index contributed by atoms with van der Waals surface area (Å²) in [7, 11) is 1.72. The predicted octanol–water partition coefficient (Wildman–Crippen LogP) is 1.64. The molecule has 6 heteroatoms. The number of benzene rings is 1. The van der Waals surface area contributed by atoms with Crippen molar-refractivity contribution in [3.05, 3.63) is 34.9 Å². The van der Waals surface area contributed by atoms with Gasteiger partial charge in [-0.05, 0) is 18.6 Å². The zero-order chi connectivity index (χ0) is 14.8. The maximum atomic E-state index is 11.9. The van der Waals surface area contributed by atoms with Crippen molar-refractivity contribution in [3.63, 3.8) is 0 Å². The number of guanidine groups is 1. The normalized spacial score (nSPS) is 11.1. The van der Waals surface area contributed by atoms with Crippen molar-refractivity contribution < 1.29 is 4.79 Å². The number of rotatable bonds is 6. The van der Waals surface area contributed by atoms with Gasteiger partial charge in [-0.2, -0.15) is 0 Å². The largest absolute Gasteiger partial charge is 0.356 e. The van der Waals surface area contributed by atoms with Gasteiger partial charge in [-0.3, -0.25) is 9.79 Å². The van der Waals surface area contributed by atoms with Crippen LogP contribution in [0.1, 0.15) is 23.7 Å². The molecule has 1 rings (SSSR count). The lowest BCUT2D eigenvalue weighted by atomic mass is 10.2. The highest BCUT2D eigenvalue weighted by atomic mass is 35.5. The Kier molecular flexibility index (Phi) is 7.50. The highest BCUT2D eigenvalue weighted by Crippen LogP contribution is 2.14. The third-order valence-corrected chi connectivity index (χ3v) is 2.92. The second-order valence-corrected chi connectivity index (χ2v) is 4.57. The molecule has 0 aliphatic heterocycles. The predicted molar refractivity (Wildman–Crippen MR) is 83.4 cm³/mol. The van der Waals surface area contributed by atoms with Crippen LogP contribution in [0.2, 0.25) is 5.02 Å². The minimum Gasteiger partial charge on any atom is -0.356 e. The first-order chi connectivity index (χ1) is 9.69. The SMILES string of the molecule is CCCNC(=NC)NCCNC(=O)c1ccccc1Cl. The number of halogens is 1. The number of carbonyl (C=O) groups excluding carboxylic acids is 1. The van der Waals surface area contributed by atoms with Crippen molar-refractivity contribution in [2.75, 3.05) is 26.7 Å². The zero-order valence-corrected chi connectivity index (χ0v) is 12.6. The maximum absolute atomic E-state index is 11.9. The standard InChI is InChI=1S/C14H21ClN4O/c1-3-8-18-14(16-2)19-10-9-17-13(20)11-6-4-5-7-12(11)15/h4-7H,3,8-10H2,1-2H3,(H,17,20)(H2,16,18,19). The number of hydrogen-bond acceptors (Lipinski definition) is 2. The lowest BCUT2D eigenvalue weighted by molar-refractivity contribution is 0.0954. The average molecular weight is 297 g/mol. The summed E-state index contributed by atoms with van der Waals surface area (Å²) < 4.78 is 0. The number of hydrogen-bond donors (Lipinski definition) is 3. The lowest BCUT2D eigenvalue weighted by Gasteiger charge is -2.11. The van der Waals surface area contributed by atoms with Gasteiger partial charge >= 0.3 is 0 Å². The van der Waals surface area contributed by atoms with E-state index < -0.39 is 0 Å². The summed E-state index contributed by atoms with van der Waals surface area (Å²) in [5, 5.41) is 9.53. The summed E-state index contributed by atoms with van der Waals surface area (Å²) in [5.74, 6) is 0.563.